The maximum atomic E-state index is 13.9. The van der Waals surface area contributed by atoms with Gasteiger partial charge in [0.2, 0.25) is 0 Å². The summed E-state index contributed by atoms with van der Waals surface area (Å²) >= 11 is 0. The molecular formula is C18H21N2O6P. The minimum atomic E-state index is -3.24. The van der Waals surface area contributed by atoms with Gasteiger partial charge in [0.05, 0.1) is 12.2 Å². The summed E-state index contributed by atoms with van der Waals surface area (Å²) < 4.78 is 19.7. The fourth-order valence-corrected chi connectivity index (χ4v) is 7.41. The Morgan fingerprint density at radius 2 is 2.04 bits per heavy atom. The quantitative estimate of drug-likeness (QED) is 0.593. The highest BCUT2D eigenvalue weighted by Gasteiger charge is 2.54. The fraction of sp³-hybridized carbons (Fsp3) is 0.389. The largest absolute Gasteiger partial charge is 0.462 e. The summed E-state index contributed by atoms with van der Waals surface area (Å²) in [6.07, 6.45) is 1.46. The first-order valence-corrected chi connectivity index (χ1v) is 10.6. The second kappa shape index (κ2) is 6.94. The molecular weight excluding hydrogens is 371 g/mol. The summed E-state index contributed by atoms with van der Waals surface area (Å²) in [6.45, 7) is 3.15. The van der Waals surface area contributed by atoms with Gasteiger partial charge < -0.3 is 14.4 Å². The van der Waals surface area contributed by atoms with E-state index in [0.717, 1.165) is 10.8 Å². The molecule has 0 aliphatic carbocycles. The Morgan fingerprint density at radius 1 is 1.37 bits per heavy atom. The second-order valence-corrected chi connectivity index (χ2v) is 9.81. The van der Waals surface area contributed by atoms with Crippen molar-refractivity contribution in [3.05, 3.63) is 62.9 Å². The molecule has 1 aromatic carbocycles. The lowest BCUT2D eigenvalue weighted by molar-refractivity contribution is 0.0389. The molecule has 1 aliphatic heterocycles. The zero-order valence-electron chi connectivity index (χ0n) is 15.0. The van der Waals surface area contributed by atoms with E-state index < -0.39 is 35.7 Å². The molecule has 2 aromatic rings. The van der Waals surface area contributed by atoms with Gasteiger partial charge in [-0.15, -0.1) is 0 Å². The number of aliphatic hydroxyl groups is 1. The zero-order valence-corrected chi connectivity index (χ0v) is 15.9. The monoisotopic (exact) mass is 392 g/mol. The number of aromatic amines is 1. The maximum absolute atomic E-state index is 13.9. The molecule has 0 unspecified atom stereocenters. The highest BCUT2D eigenvalue weighted by molar-refractivity contribution is 7.72. The Kier molecular flexibility index (Phi) is 4.97. The molecule has 0 bridgehead atoms. The Hall–Kier alpha value is -2.44. The molecule has 0 saturated carbocycles. The maximum Gasteiger partial charge on any atom is 0.345 e. The van der Waals surface area contributed by atoms with Crippen LogP contribution in [-0.2, 0) is 9.30 Å². The summed E-state index contributed by atoms with van der Waals surface area (Å²) in [7, 11) is -3.24. The van der Waals surface area contributed by atoms with Crippen molar-refractivity contribution < 1.29 is 19.2 Å². The molecule has 27 heavy (non-hydrogen) atoms. The molecule has 1 aliphatic rings. The molecule has 0 spiro atoms. The van der Waals surface area contributed by atoms with Gasteiger partial charge >= 0.3 is 11.7 Å². The van der Waals surface area contributed by atoms with Gasteiger partial charge in [0, 0.05) is 17.7 Å². The molecule has 3 rings (SSSR count). The highest BCUT2D eigenvalue weighted by atomic mass is 31.2. The van der Waals surface area contributed by atoms with Crippen LogP contribution in [0.1, 0.15) is 36.4 Å². The predicted octanol–water partition coefficient (Wildman–Crippen LogP) is 1.06. The number of carbonyl (C=O) groups excluding carboxylic acids is 1. The lowest BCUT2D eigenvalue weighted by Gasteiger charge is -2.31. The van der Waals surface area contributed by atoms with Gasteiger partial charge in [-0.1, -0.05) is 30.3 Å². The molecule has 1 fully saturated rings. The van der Waals surface area contributed by atoms with Crippen LogP contribution < -0.4 is 16.6 Å². The number of aromatic nitrogens is 2. The van der Waals surface area contributed by atoms with Crippen LogP contribution in [0, 0.1) is 0 Å². The van der Waals surface area contributed by atoms with E-state index in [-0.39, 0.29) is 24.8 Å². The van der Waals surface area contributed by atoms with Crippen LogP contribution in [0.25, 0.3) is 0 Å². The third-order valence-corrected chi connectivity index (χ3v) is 8.48. The number of esters is 1. The number of ether oxygens (including phenoxy) is 1. The summed E-state index contributed by atoms with van der Waals surface area (Å²) in [4.78, 5) is 38.6. The molecule has 2 heterocycles. The van der Waals surface area contributed by atoms with Crippen molar-refractivity contribution in [2.24, 2.45) is 0 Å². The van der Waals surface area contributed by atoms with E-state index in [1.165, 1.54) is 6.92 Å². The predicted molar refractivity (Wildman–Crippen MR) is 100 cm³/mol. The van der Waals surface area contributed by atoms with E-state index in [1.54, 1.807) is 37.3 Å². The van der Waals surface area contributed by atoms with E-state index in [2.05, 4.69) is 4.98 Å². The third-order valence-electron chi connectivity index (χ3n) is 4.82. The van der Waals surface area contributed by atoms with E-state index in [9.17, 15) is 24.1 Å². The standard InChI is InChI=1S/C18H21N2O6P/c1-3-26-15(22)13-11-20(17(23)19-14(13)21)16-18(2,24)9-10-27(16,25)12-7-5-4-6-8-12/h4-8,11,16,24H,3,9-10H2,1-2H3,(H,19,21,23)/t16-,18-,27-/m1/s1. The van der Waals surface area contributed by atoms with Crippen molar-refractivity contribution >= 4 is 18.4 Å². The summed E-state index contributed by atoms with van der Waals surface area (Å²) in [5.74, 6) is -2.00. The first-order chi connectivity index (χ1) is 12.7. The number of nitrogens with one attached hydrogen (secondary N) is 1. The SMILES string of the molecule is CCOC(=O)c1cn([C@H]2[C@](C)(O)CC[P@@]2(=O)c2ccccc2)c(=O)[nH]c1=O. The number of carbonyl (C=O) groups is 1. The zero-order chi connectivity index (χ0) is 19.8. The fourth-order valence-electron chi connectivity index (χ4n) is 3.57. The third kappa shape index (κ3) is 3.31. The van der Waals surface area contributed by atoms with E-state index in [0.29, 0.717) is 5.30 Å². The summed E-state index contributed by atoms with van der Waals surface area (Å²) in [5.41, 5.74) is -3.56. The van der Waals surface area contributed by atoms with Gasteiger partial charge in [-0.25, -0.2) is 9.59 Å². The van der Waals surface area contributed by atoms with Crippen LogP contribution in [0.5, 0.6) is 0 Å². The van der Waals surface area contributed by atoms with Crippen LogP contribution in [0.3, 0.4) is 0 Å². The van der Waals surface area contributed by atoms with E-state index in [1.807, 2.05) is 0 Å². The van der Waals surface area contributed by atoms with Crippen molar-refractivity contribution in [1.82, 2.24) is 9.55 Å². The van der Waals surface area contributed by atoms with Crippen molar-refractivity contribution in [1.29, 1.82) is 0 Å². The Bertz CT molecular complexity index is 1020. The van der Waals surface area contributed by atoms with Gasteiger partial charge in [0.25, 0.3) is 5.56 Å². The first kappa shape index (κ1) is 19.3. The van der Waals surface area contributed by atoms with Crippen LogP contribution in [-0.4, -0.2) is 39.0 Å². The van der Waals surface area contributed by atoms with E-state index >= 15 is 0 Å². The normalized spacial score (nSPS) is 27.4. The lowest BCUT2D eigenvalue weighted by Crippen LogP contribution is -2.42. The molecule has 9 heteroatoms. The number of hydrogen-bond donors (Lipinski definition) is 2. The van der Waals surface area contributed by atoms with Gasteiger partial charge in [0.1, 0.15) is 18.5 Å². The highest BCUT2D eigenvalue weighted by Crippen LogP contribution is 2.66. The molecule has 2 N–H and O–H groups in total. The molecule has 144 valence electrons. The molecule has 1 saturated heterocycles. The minimum absolute atomic E-state index is 0.0566. The van der Waals surface area contributed by atoms with Crippen molar-refractivity contribution in [2.75, 3.05) is 12.8 Å². The number of H-pyrrole nitrogens is 1. The minimum Gasteiger partial charge on any atom is -0.462 e. The van der Waals surface area contributed by atoms with Crippen molar-refractivity contribution in [3.8, 4) is 0 Å². The number of rotatable bonds is 4. The lowest BCUT2D eigenvalue weighted by atomic mass is 10.0. The first-order valence-electron chi connectivity index (χ1n) is 8.60. The topological polar surface area (TPSA) is 118 Å². The molecule has 0 radical (unpaired) electrons. The molecule has 0 amide bonds. The van der Waals surface area contributed by atoms with Crippen LogP contribution in [0.4, 0.5) is 0 Å². The Morgan fingerprint density at radius 3 is 2.67 bits per heavy atom. The molecule has 8 nitrogen and oxygen atoms in total. The number of benzene rings is 1. The Balaban J connectivity index is 2.22. The van der Waals surface area contributed by atoms with Crippen LogP contribution >= 0.6 is 7.14 Å². The van der Waals surface area contributed by atoms with Crippen LogP contribution in [0.15, 0.2) is 46.1 Å². The Labute approximate surface area is 155 Å². The van der Waals surface area contributed by atoms with Gasteiger partial charge in [-0.2, -0.15) is 0 Å². The van der Waals surface area contributed by atoms with E-state index in [4.69, 9.17) is 4.74 Å². The van der Waals surface area contributed by atoms with Crippen LogP contribution in [0.2, 0.25) is 0 Å². The number of hydrogen-bond acceptors (Lipinski definition) is 6. The smallest absolute Gasteiger partial charge is 0.345 e. The van der Waals surface area contributed by atoms with Gasteiger partial charge in [-0.05, 0) is 20.3 Å². The van der Waals surface area contributed by atoms with Gasteiger partial charge in [0.15, 0.2) is 0 Å². The number of nitrogens with zero attached hydrogens (tertiary/aromatic N) is 1. The second-order valence-electron chi connectivity index (χ2n) is 6.77. The van der Waals surface area contributed by atoms with Crippen molar-refractivity contribution in [2.45, 2.75) is 31.7 Å². The summed E-state index contributed by atoms with van der Waals surface area (Å²) in [5, 5.41) is 11.4. The average Bonchev–Trinajstić information content (AvgIpc) is 2.87. The summed E-state index contributed by atoms with van der Waals surface area (Å²) in [6, 6.07) is 8.64. The average molecular weight is 392 g/mol. The molecule has 3 atom stereocenters. The van der Waals surface area contributed by atoms with Gasteiger partial charge in [-0.3, -0.25) is 14.3 Å². The molecule has 1 aromatic heterocycles. The van der Waals surface area contributed by atoms with Crippen molar-refractivity contribution in [3.63, 3.8) is 0 Å².